The molecule has 0 bridgehead atoms. The lowest BCUT2D eigenvalue weighted by molar-refractivity contribution is -0.128. The van der Waals surface area contributed by atoms with Crippen LogP contribution in [0.1, 0.15) is 89.5 Å². The quantitative estimate of drug-likeness (QED) is 0.0545. The molecule has 0 unspecified atom stereocenters. The Morgan fingerprint density at radius 1 is 0.636 bits per heavy atom. The molecule has 14 N–H and O–H groups in total. The summed E-state index contributed by atoms with van der Waals surface area (Å²) in [7, 11) is 0. The minimum absolute atomic E-state index is 0.0687. The molecule has 55 heavy (non-hydrogen) atoms. The summed E-state index contributed by atoms with van der Waals surface area (Å²) in [5, 5.41) is 5.32. The molecule has 2 atom stereocenters. The van der Waals surface area contributed by atoms with Gasteiger partial charge in [-0.15, -0.1) is 0 Å². The van der Waals surface area contributed by atoms with Gasteiger partial charge >= 0.3 is 0 Å². The summed E-state index contributed by atoms with van der Waals surface area (Å²) in [5.74, 6) is -1.63. The van der Waals surface area contributed by atoms with Crippen molar-refractivity contribution in [1.82, 2.24) is 10.6 Å². The summed E-state index contributed by atoms with van der Waals surface area (Å²) in [4.78, 5) is 59.8. The Kier molecular flexibility index (Phi) is 17.1. The second-order valence-electron chi connectivity index (χ2n) is 15.4. The molecule has 0 aliphatic carbocycles. The molecule has 0 saturated carbocycles. The fourth-order valence-corrected chi connectivity index (χ4v) is 6.74. The maximum absolute atomic E-state index is 13.2. The molecule has 4 amide bonds. The van der Waals surface area contributed by atoms with Gasteiger partial charge in [0, 0.05) is 24.2 Å². The van der Waals surface area contributed by atoms with E-state index in [9.17, 15) is 19.2 Å². The van der Waals surface area contributed by atoms with Crippen LogP contribution in [0.25, 0.3) is 0 Å². The number of carbonyl (C=O) groups is 4. The van der Waals surface area contributed by atoms with E-state index >= 15 is 0 Å². The number of amides is 4. The van der Waals surface area contributed by atoms with Crippen molar-refractivity contribution >= 4 is 47.3 Å². The second-order valence-corrected chi connectivity index (χ2v) is 16.5. The Bertz CT molecular complexity index is 1620. The molecule has 0 fully saturated rings. The van der Waals surface area contributed by atoms with Crippen LogP contribution in [0.4, 0.5) is 0 Å². The van der Waals surface area contributed by atoms with Gasteiger partial charge in [0.05, 0.1) is 9.79 Å². The Labute approximate surface area is 328 Å². The normalized spacial score (nSPS) is 12.5. The van der Waals surface area contributed by atoms with Gasteiger partial charge in [-0.25, -0.2) is 0 Å². The van der Waals surface area contributed by atoms with Crippen LogP contribution in [0, 0.1) is 13.8 Å². The summed E-state index contributed by atoms with van der Waals surface area (Å²) < 4.78 is 12.6. The smallest absolute Gasteiger partial charge is 0.258 e. The minimum Gasteiger partial charge on any atom is -0.482 e. The molecule has 0 radical (unpaired) electrons. The standard InChI is InChI=1S/C38H60N10O6S/c1-21-15-23(37(3,4)5)31(53-19-29(49)47-25(33(39)51)11-9-13-45-35(41)42)27(17-21)55-28-18-22(2)16-24(38(6,7)8)32(28)54-20-30(50)48-26(34(40)52)12-10-14-46-36(43)44/h15-18,25-26H,9-14,19-20H2,1-8H3,(H2,39,51)(H2,40,52)(H,47,49)(H,48,50)(H4,41,42,45)(H4,43,44,46)/t25-,26-/m0/s1. The molecule has 0 aromatic heterocycles. The lowest BCUT2D eigenvalue weighted by Gasteiger charge is -2.28. The van der Waals surface area contributed by atoms with E-state index < -0.39 is 59.8 Å². The SMILES string of the molecule is Cc1cc(Sc2cc(C)cc(C(C)(C)C)c2OCC(=O)N[C@@H](CCCN=C(N)N)C(N)=O)c(OCC(=O)N[C@@H](CCCN=C(N)N)C(N)=O)c(C(C)(C)C)c1. The molecule has 2 aromatic carbocycles. The topological polar surface area (TPSA) is 292 Å². The predicted molar refractivity (Wildman–Crippen MR) is 217 cm³/mol. The van der Waals surface area contributed by atoms with Gasteiger partial charge in [0.2, 0.25) is 11.8 Å². The molecule has 0 spiro atoms. The molecule has 16 nitrogen and oxygen atoms in total. The van der Waals surface area contributed by atoms with Crippen LogP contribution in [0.3, 0.4) is 0 Å². The van der Waals surface area contributed by atoms with E-state index in [1.165, 1.54) is 11.8 Å². The lowest BCUT2D eigenvalue weighted by atomic mass is 9.85. The van der Waals surface area contributed by atoms with E-state index in [1.807, 2.05) is 79.7 Å². The van der Waals surface area contributed by atoms with Crippen molar-refractivity contribution in [1.29, 1.82) is 0 Å². The third-order valence-electron chi connectivity index (χ3n) is 8.18. The number of nitrogens with zero attached hydrogens (tertiary/aromatic N) is 2. The number of aliphatic imine (C=N–C) groups is 2. The van der Waals surface area contributed by atoms with Gasteiger partial charge < -0.3 is 54.5 Å². The highest BCUT2D eigenvalue weighted by Crippen LogP contribution is 2.47. The van der Waals surface area contributed by atoms with Gasteiger partial charge in [-0.3, -0.25) is 29.2 Å². The molecule has 304 valence electrons. The van der Waals surface area contributed by atoms with E-state index in [-0.39, 0.29) is 37.9 Å². The molecule has 2 rings (SSSR count). The van der Waals surface area contributed by atoms with Crippen molar-refractivity contribution in [2.75, 3.05) is 26.3 Å². The molecule has 0 heterocycles. The number of hydrogen-bond acceptors (Lipinski definition) is 9. The van der Waals surface area contributed by atoms with Crippen LogP contribution in [0.5, 0.6) is 11.5 Å². The first-order chi connectivity index (χ1) is 25.5. The van der Waals surface area contributed by atoms with Gasteiger partial charge in [0.15, 0.2) is 25.1 Å². The Morgan fingerprint density at radius 2 is 0.982 bits per heavy atom. The maximum atomic E-state index is 13.2. The fourth-order valence-electron chi connectivity index (χ4n) is 5.49. The van der Waals surface area contributed by atoms with Crippen molar-refractivity contribution in [2.24, 2.45) is 44.4 Å². The Balaban J connectivity index is 2.47. The Morgan fingerprint density at radius 3 is 1.27 bits per heavy atom. The third kappa shape index (κ3) is 15.6. The summed E-state index contributed by atoms with van der Waals surface area (Å²) in [5.41, 5.74) is 35.5. The summed E-state index contributed by atoms with van der Waals surface area (Å²) >= 11 is 1.38. The highest BCUT2D eigenvalue weighted by atomic mass is 32.2. The molecule has 0 aliphatic heterocycles. The van der Waals surface area contributed by atoms with Gasteiger partial charge in [-0.05, 0) is 73.6 Å². The largest absolute Gasteiger partial charge is 0.482 e. The average Bonchev–Trinajstić information content (AvgIpc) is 3.04. The van der Waals surface area contributed by atoms with Crippen LogP contribution >= 0.6 is 11.8 Å². The minimum atomic E-state index is -0.942. The average molecular weight is 785 g/mol. The molecule has 2 aromatic rings. The molecule has 17 heteroatoms. The number of nitrogens with one attached hydrogen (secondary N) is 2. The number of guanidine groups is 2. The zero-order valence-electron chi connectivity index (χ0n) is 33.3. The van der Waals surface area contributed by atoms with Crippen LogP contribution in [0.15, 0.2) is 44.0 Å². The first kappa shape index (κ1) is 46.0. The highest BCUT2D eigenvalue weighted by Gasteiger charge is 2.28. The van der Waals surface area contributed by atoms with E-state index in [1.54, 1.807) is 0 Å². The van der Waals surface area contributed by atoms with Crippen LogP contribution in [-0.2, 0) is 30.0 Å². The zero-order chi connectivity index (χ0) is 41.7. The number of benzene rings is 2. The van der Waals surface area contributed by atoms with E-state index in [0.717, 1.165) is 22.3 Å². The van der Waals surface area contributed by atoms with Crippen LogP contribution in [-0.4, -0.2) is 73.9 Å². The van der Waals surface area contributed by atoms with E-state index in [0.29, 0.717) is 34.1 Å². The van der Waals surface area contributed by atoms with Gasteiger partial charge in [0.1, 0.15) is 23.6 Å². The zero-order valence-corrected chi connectivity index (χ0v) is 34.2. The van der Waals surface area contributed by atoms with Crippen molar-refractivity contribution < 1.29 is 28.7 Å². The van der Waals surface area contributed by atoms with Crippen LogP contribution < -0.4 is 54.5 Å². The summed E-state index contributed by atoms with van der Waals surface area (Å²) in [6.45, 7) is 16.0. The molecule has 0 saturated heterocycles. The summed E-state index contributed by atoms with van der Waals surface area (Å²) in [6, 6.07) is 6.05. The highest BCUT2D eigenvalue weighted by molar-refractivity contribution is 7.99. The van der Waals surface area contributed by atoms with Crippen molar-refractivity contribution in [2.45, 2.75) is 114 Å². The van der Waals surface area contributed by atoms with Gasteiger partial charge in [0.25, 0.3) is 11.8 Å². The number of hydrogen-bond donors (Lipinski definition) is 8. The number of ether oxygens (including phenoxy) is 2. The number of primary amides is 2. The van der Waals surface area contributed by atoms with Gasteiger partial charge in [-0.2, -0.15) is 0 Å². The summed E-state index contributed by atoms with van der Waals surface area (Å²) in [6.07, 6.45) is 1.32. The maximum Gasteiger partial charge on any atom is 0.258 e. The first-order valence-electron chi connectivity index (χ1n) is 18.0. The number of nitrogens with two attached hydrogens (primary N) is 6. The van der Waals surface area contributed by atoms with Crippen molar-refractivity contribution in [3.8, 4) is 11.5 Å². The lowest BCUT2D eigenvalue weighted by Crippen LogP contribution is -2.46. The molecular formula is C38H60N10O6S. The first-order valence-corrected chi connectivity index (χ1v) is 18.8. The monoisotopic (exact) mass is 784 g/mol. The van der Waals surface area contributed by atoms with Crippen LogP contribution in [0.2, 0.25) is 0 Å². The van der Waals surface area contributed by atoms with Crippen molar-refractivity contribution in [3.63, 3.8) is 0 Å². The van der Waals surface area contributed by atoms with Crippen molar-refractivity contribution in [3.05, 3.63) is 46.5 Å². The van der Waals surface area contributed by atoms with Gasteiger partial charge in [-0.1, -0.05) is 65.4 Å². The van der Waals surface area contributed by atoms with E-state index in [2.05, 4.69) is 20.6 Å². The predicted octanol–water partition coefficient (Wildman–Crippen LogP) is 1.85. The molecular weight excluding hydrogens is 725 g/mol. The second kappa shape index (κ2) is 20.5. The fraction of sp³-hybridized carbons (Fsp3) is 0.526. The van der Waals surface area contributed by atoms with E-state index in [4.69, 9.17) is 43.9 Å². The molecule has 0 aliphatic rings. The number of carbonyl (C=O) groups excluding carboxylic acids is 4. The Hall–Kier alpha value is -5.19. The number of rotatable bonds is 20. The third-order valence-corrected chi connectivity index (χ3v) is 9.22. The number of aryl methyl sites for hydroxylation is 2.